The van der Waals surface area contributed by atoms with Crippen molar-refractivity contribution in [3.05, 3.63) is 76.0 Å². The Balaban J connectivity index is 1.83. The molecule has 1 amide bonds. The van der Waals surface area contributed by atoms with E-state index in [-0.39, 0.29) is 11.7 Å². The van der Waals surface area contributed by atoms with Gasteiger partial charge in [-0.3, -0.25) is 4.79 Å². The maximum absolute atomic E-state index is 12.5. The largest absolute Gasteiger partial charge is 0.451 e. The van der Waals surface area contributed by atoms with Crippen LogP contribution < -0.4 is 5.32 Å². The molecule has 0 radical (unpaired) electrons. The van der Waals surface area contributed by atoms with E-state index in [9.17, 15) is 4.79 Å². The molecule has 1 heterocycles. The molecule has 128 valence electrons. The van der Waals surface area contributed by atoms with Crippen molar-refractivity contribution in [2.75, 3.05) is 5.32 Å². The number of para-hydroxylation sites is 1. The number of furan rings is 1. The predicted octanol–water partition coefficient (Wildman–Crippen LogP) is 6.63. The Bertz CT molecular complexity index is 916. The highest BCUT2D eigenvalue weighted by Crippen LogP contribution is 2.30. The summed E-state index contributed by atoms with van der Waals surface area (Å²) in [4.78, 5) is 12.5. The molecule has 3 aromatic rings. The maximum atomic E-state index is 12.5. The lowest BCUT2D eigenvalue weighted by molar-refractivity contribution is 0.0997. The van der Waals surface area contributed by atoms with Crippen molar-refractivity contribution in [2.45, 2.75) is 19.8 Å². The highest BCUT2D eigenvalue weighted by atomic mass is 35.5. The molecule has 0 spiro atoms. The number of anilines is 1. The first-order chi connectivity index (χ1) is 12.0. The molecule has 0 bridgehead atoms. The van der Waals surface area contributed by atoms with Crippen LogP contribution in [-0.4, -0.2) is 5.91 Å². The standard InChI is InChI=1S/C20H17Cl2NO2/c1-12(2)14-5-3-4-6-17(14)23-20(24)19-10-9-18(25-19)13-7-8-15(21)16(22)11-13/h3-12H,1-2H3,(H,23,24). The minimum absolute atomic E-state index is 0.236. The monoisotopic (exact) mass is 373 g/mol. The van der Waals surface area contributed by atoms with E-state index in [0.29, 0.717) is 21.7 Å². The molecular weight excluding hydrogens is 357 g/mol. The third-order valence-electron chi connectivity index (χ3n) is 3.86. The van der Waals surface area contributed by atoms with Crippen LogP contribution in [0, 0.1) is 0 Å². The van der Waals surface area contributed by atoms with Gasteiger partial charge in [0, 0.05) is 11.3 Å². The van der Waals surface area contributed by atoms with Gasteiger partial charge < -0.3 is 9.73 Å². The third kappa shape index (κ3) is 3.89. The van der Waals surface area contributed by atoms with Crippen molar-refractivity contribution in [1.82, 2.24) is 0 Å². The molecule has 25 heavy (non-hydrogen) atoms. The molecule has 0 aliphatic carbocycles. The van der Waals surface area contributed by atoms with Crippen molar-refractivity contribution in [2.24, 2.45) is 0 Å². The second-order valence-electron chi connectivity index (χ2n) is 5.99. The minimum atomic E-state index is -0.292. The summed E-state index contributed by atoms with van der Waals surface area (Å²) in [6, 6.07) is 16.3. The molecule has 0 saturated heterocycles. The van der Waals surface area contributed by atoms with Gasteiger partial charge in [0.05, 0.1) is 10.0 Å². The van der Waals surface area contributed by atoms with Crippen molar-refractivity contribution in [3.8, 4) is 11.3 Å². The summed E-state index contributed by atoms with van der Waals surface area (Å²) >= 11 is 12.0. The summed E-state index contributed by atoms with van der Waals surface area (Å²) in [7, 11) is 0. The number of carbonyl (C=O) groups is 1. The summed E-state index contributed by atoms with van der Waals surface area (Å²) in [5.74, 6) is 0.805. The van der Waals surface area contributed by atoms with Crippen LogP contribution in [0.5, 0.6) is 0 Å². The molecule has 0 atom stereocenters. The van der Waals surface area contributed by atoms with Gasteiger partial charge in [-0.1, -0.05) is 55.2 Å². The maximum Gasteiger partial charge on any atom is 0.291 e. The van der Waals surface area contributed by atoms with Crippen LogP contribution in [0.1, 0.15) is 35.9 Å². The fraction of sp³-hybridized carbons (Fsp3) is 0.150. The zero-order valence-electron chi connectivity index (χ0n) is 13.8. The topological polar surface area (TPSA) is 42.2 Å². The molecule has 0 aliphatic rings. The minimum Gasteiger partial charge on any atom is -0.451 e. The number of rotatable bonds is 4. The lowest BCUT2D eigenvalue weighted by Gasteiger charge is -2.12. The van der Waals surface area contributed by atoms with Gasteiger partial charge in [-0.05, 0) is 47.9 Å². The highest BCUT2D eigenvalue weighted by molar-refractivity contribution is 6.42. The number of halogens is 2. The molecular formula is C20H17Cl2NO2. The van der Waals surface area contributed by atoms with Gasteiger partial charge in [-0.25, -0.2) is 0 Å². The van der Waals surface area contributed by atoms with E-state index >= 15 is 0 Å². The Kier molecular flexibility index (Phi) is 5.16. The van der Waals surface area contributed by atoms with Gasteiger partial charge in [-0.15, -0.1) is 0 Å². The first-order valence-electron chi connectivity index (χ1n) is 7.91. The molecule has 0 aliphatic heterocycles. The number of benzene rings is 2. The fourth-order valence-corrected chi connectivity index (χ4v) is 2.86. The van der Waals surface area contributed by atoms with Crippen molar-refractivity contribution in [3.63, 3.8) is 0 Å². The SMILES string of the molecule is CC(C)c1ccccc1NC(=O)c1ccc(-c2ccc(Cl)c(Cl)c2)o1. The molecule has 5 heteroatoms. The van der Waals surface area contributed by atoms with E-state index in [1.807, 2.05) is 24.3 Å². The smallest absolute Gasteiger partial charge is 0.291 e. The zero-order valence-corrected chi connectivity index (χ0v) is 15.4. The van der Waals surface area contributed by atoms with E-state index in [4.69, 9.17) is 27.6 Å². The van der Waals surface area contributed by atoms with Gasteiger partial charge >= 0.3 is 0 Å². The van der Waals surface area contributed by atoms with Gasteiger partial charge in [0.15, 0.2) is 5.76 Å². The number of hydrogen-bond donors (Lipinski definition) is 1. The Morgan fingerprint density at radius 1 is 1.00 bits per heavy atom. The summed E-state index contributed by atoms with van der Waals surface area (Å²) in [5.41, 5.74) is 2.62. The van der Waals surface area contributed by atoms with Crippen molar-refractivity contribution < 1.29 is 9.21 Å². The second kappa shape index (κ2) is 7.34. The van der Waals surface area contributed by atoms with Gasteiger partial charge in [0.1, 0.15) is 5.76 Å². The van der Waals surface area contributed by atoms with Gasteiger partial charge in [0.2, 0.25) is 0 Å². The van der Waals surface area contributed by atoms with Crippen molar-refractivity contribution in [1.29, 1.82) is 0 Å². The quantitative estimate of drug-likeness (QED) is 0.557. The van der Waals surface area contributed by atoms with E-state index in [1.165, 1.54) is 0 Å². The van der Waals surface area contributed by atoms with Crippen LogP contribution in [0.15, 0.2) is 59.0 Å². The summed E-state index contributed by atoms with van der Waals surface area (Å²) in [6.07, 6.45) is 0. The Morgan fingerprint density at radius 2 is 1.76 bits per heavy atom. The third-order valence-corrected chi connectivity index (χ3v) is 4.60. The number of carbonyl (C=O) groups excluding carboxylic acids is 1. The predicted molar refractivity (Wildman–Crippen MR) is 103 cm³/mol. The number of hydrogen-bond acceptors (Lipinski definition) is 2. The van der Waals surface area contributed by atoms with Crippen LogP contribution in [0.4, 0.5) is 5.69 Å². The Morgan fingerprint density at radius 3 is 2.48 bits per heavy atom. The molecule has 2 aromatic carbocycles. The van der Waals surface area contributed by atoms with Crippen LogP contribution in [-0.2, 0) is 0 Å². The average molecular weight is 374 g/mol. The molecule has 0 unspecified atom stereocenters. The average Bonchev–Trinajstić information content (AvgIpc) is 3.08. The summed E-state index contributed by atoms with van der Waals surface area (Å²) in [5, 5.41) is 3.82. The van der Waals surface area contributed by atoms with Crippen LogP contribution in [0.25, 0.3) is 11.3 Å². The zero-order chi connectivity index (χ0) is 18.0. The number of amides is 1. The van der Waals surface area contributed by atoms with Gasteiger partial charge in [-0.2, -0.15) is 0 Å². The van der Waals surface area contributed by atoms with E-state index < -0.39 is 0 Å². The van der Waals surface area contributed by atoms with E-state index in [0.717, 1.165) is 16.8 Å². The second-order valence-corrected chi connectivity index (χ2v) is 6.80. The molecule has 3 rings (SSSR count). The van der Waals surface area contributed by atoms with Gasteiger partial charge in [0.25, 0.3) is 5.91 Å². The number of nitrogens with one attached hydrogen (secondary N) is 1. The Labute approximate surface area is 156 Å². The van der Waals surface area contributed by atoms with Crippen molar-refractivity contribution >= 4 is 34.8 Å². The normalized spacial score (nSPS) is 10.9. The fourth-order valence-electron chi connectivity index (χ4n) is 2.56. The first kappa shape index (κ1) is 17.6. The molecule has 1 aromatic heterocycles. The molecule has 3 nitrogen and oxygen atoms in total. The first-order valence-corrected chi connectivity index (χ1v) is 8.67. The summed E-state index contributed by atoms with van der Waals surface area (Å²) < 4.78 is 5.69. The summed E-state index contributed by atoms with van der Waals surface area (Å²) in [6.45, 7) is 4.17. The molecule has 0 fully saturated rings. The lowest BCUT2D eigenvalue weighted by atomic mass is 10.0. The van der Waals surface area contributed by atoms with Crippen LogP contribution in [0.3, 0.4) is 0 Å². The van der Waals surface area contributed by atoms with E-state index in [1.54, 1.807) is 30.3 Å². The van der Waals surface area contributed by atoms with Crippen LogP contribution in [0.2, 0.25) is 10.0 Å². The van der Waals surface area contributed by atoms with Crippen LogP contribution >= 0.6 is 23.2 Å². The Hall–Kier alpha value is -2.23. The lowest BCUT2D eigenvalue weighted by Crippen LogP contribution is -2.12. The highest BCUT2D eigenvalue weighted by Gasteiger charge is 2.15. The molecule has 1 N–H and O–H groups in total. The van der Waals surface area contributed by atoms with E-state index in [2.05, 4.69) is 19.2 Å². The molecule has 0 saturated carbocycles.